The lowest BCUT2D eigenvalue weighted by Gasteiger charge is -2.09. The Morgan fingerprint density at radius 3 is 2.45 bits per heavy atom. The summed E-state index contributed by atoms with van der Waals surface area (Å²) in [6.45, 7) is 2.74. The average molecular weight is 451 g/mol. The van der Waals surface area contributed by atoms with Crippen molar-refractivity contribution in [3.05, 3.63) is 63.9 Å². The van der Waals surface area contributed by atoms with Crippen LogP contribution in [0.1, 0.15) is 18.3 Å². The Morgan fingerprint density at radius 1 is 1.14 bits per heavy atom. The first-order valence-corrected chi connectivity index (χ1v) is 10.7. The van der Waals surface area contributed by atoms with Crippen LogP contribution in [0.2, 0.25) is 10.0 Å². The molecule has 1 N–H and O–H groups in total. The minimum absolute atomic E-state index is 0.171. The Hall–Kier alpha value is -2.22. The molecule has 1 amide bonds. The first-order chi connectivity index (χ1) is 14.0. The number of amides is 1. The second kappa shape index (κ2) is 10.0. The number of rotatable bonds is 8. The predicted octanol–water partition coefficient (Wildman–Crippen LogP) is 4.94. The zero-order valence-electron chi connectivity index (χ0n) is 16.0. The normalized spacial score (nSPS) is 10.8. The fourth-order valence-electron chi connectivity index (χ4n) is 2.75. The lowest BCUT2D eigenvalue weighted by atomic mass is 10.1. The van der Waals surface area contributed by atoms with Gasteiger partial charge < -0.3 is 14.6 Å². The Morgan fingerprint density at radius 2 is 1.83 bits per heavy atom. The maximum atomic E-state index is 12.3. The van der Waals surface area contributed by atoms with Crippen molar-refractivity contribution in [1.82, 2.24) is 14.8 Å². The zero-order chi connectivity index (χ0) is 20.8. The zero-order valence-corrected chi connectivity index (χ0v) is 18.3. The number of methoxy groups -OCH3 is 1. The van der Waals surface area contributed by atoms with Crippen LogP contribution in [0.25, 0.3) is 0 Å². The SMILES string of the molecule is CCn1c(Cc2ccc(OC)cc2)nnc1SCC(=O)Nc1cc(Cl)cc(Cl)c1. The lowest BCUT2D eigenvalue weighted by Crippen LogP contribution is -2.14. The molecule has 3 rings (SSSR count). The number of benzene rings is 2. The predicted molar refractivity (Wildman–Crippen MR) is 117 cm³/mol. The molecular weight excluding hydrogens is 431 g/mol. The van der Waals surface area contributed by atoms with Gasteiger partial charge in [0, 0.05) is 28.7 Å². The van der Waals surface area contributed by atoms with Crippen LogP contribution in [0, 0.1) is 0 Å². The van der Waals surface area contributed by atoms with Crippen LogP contribution >= 0.6 is 35.0 Å². The molecule has 0 aliphatic rings. The highest BCUT2D eigenvalue weighted by Crippen LogP contribution is 2.24. The third kappa shape index (κ3) is 5.88. The summed E-state index contributed by atoms with van der Waals surface area (Å²) >= 11 is 13.3. The summed E-state index contributed by atoms with van der Waals surface area (Å²) in [5, 5.41) is 13.0. The molecule has 0 fully saturated rings. The third-order valence-corrected chi connectivity index (χ3v) is 5.51. The number of ether oxygens (including phenoxy) is 1. The van der Waals surface area contributed by atoms with E-state index in [1.807, 2.05) is 35.8 Å². The molecule has 1 heterocycles. The van der Waals surface area contributed by atoms with Crippen LogP contribution in [-0.2, 0) is 17.8 Å². The Balaban J connectivity index is 1.62. The van der Waals surface area contributed by atoms with Crippen LogP contribution in [0.15, 0.2) is 47.6 Å². The minimum atomic E-state index is -0.171. The van der Waals surface area contributed by atoms with Crippen molar-refractivity contribution in [2.45, 2.75) is 25.0 Å². The third-order valence-electron chi connectivity index (χ3n) is 4.11. The number of aromatic nitrogens is 3. The van der Waals surface area contributed by atoms with E-state index < -0.39 is 0 Å². The van der Waals surface area contributed by atoms with Crippen molar-refractivity contribution >= 4 is 46.6 Å². The lowest BCUT2D eigenvalue weighted by molar-refractivity contribution is -0.113. The number of halogens is 2. The summed E-state index contributed by atoms with van der Waals surface area (Å²) in [6, 6.07) is 12.8. The highest BCUT2D eigenvalue weighted by molar-refractivity contribution is 7.99. The molecule has 152 valence electrons. The number of nitrogens with one attached hydrogen (secondary N) is 1. The quantitative estimate of drug-likeness (QED) is 0.492. The molecule has 0 atom stereocenters. The number of carbonyl (C=O) groups excluding carboxylic acids is 1. The molecule has 0 saturated carbocycles. The van der Waals surface area contributed by atoms with E-state index in [2.05, 4.69) is 15.5 Å². The molecule has 0 bridgehead atoms. The average Bonchev–Trinajstić information content (AvgIpc) is 3.07. The fourth-order valence-corrected chi connectivity index (χ4v) is 4.10. The van der Waals surface area contributed by atoms with Crippen molar-refractivity contribution in [2.75, 3.05) is 18.2 Å². The van der Waals surface area contributed by atoms with Crippen molar-refractivity contribution in [3.63, 3.8) is 0 Å². The smallest absolute Gasteiger partial charge is 0.234 e. The number of anilines is 1. The van der Waals surface area contributed by atoms with E-state index in [0.29, 0.717) is 33.9 Å². The largest absolute Gasteiger partial charge is 0.497 e. The van der Waals surface area contributed by atoms with E-state index in [1.165, 1.54) is 11.8 Å². The topological polar surface area (TPSA) is 69.0 Å². The summed E-state index contributed by atoms with van der Waals surface area (Å²) in [4.78, 5) is 12.3. The van der Waals surface area contributed by atoms with E-state index in [1.54, 1.807) is 25.3 Å². The molecule has 0 aliphatic carbocycles. The Bertz CT molecular complexity index is 972. The van der Waals surface area contributed by atoms with Gasteiger partial charge in [0.2, 0.25) is 5.91 Å². The number of hydrogen-bond donors (Lipinski definition) is 1. The van der Waals surface area contributed by atoms with E-state index in [-0.39, 0.29) is 11.7 Å². The maximum absolute atomic E-state index is 12.3. The summed E-state index contributed by atoms with van der Waals surface area (Å²) < 4.78 is 7.20. The molecule has 0 saturated heterocycles. The van der Waals surface area contributed by atoms with Gasteiger partial charge in [-0.2, -0.15) is 0 Å². The standard InChI is InChI=1S/C20H20Cl2N4O2S/c1-3-26-18(8-13-4-6-17(28-2)7-5-13)24-25-20(26)29-12-19(27)23-16-10-14(21)9-15(22)11-16/h4-7,9-11H,3,8,12H2,1-2H3,(H,23,27). The van der Waals surface area contributed by atoms with Gasteiger partial charge in [-0.3, -0.25) is 4.79 Å². The van der Waals surface area contributed by atoms with Crippen LogP contribution < -0.4 is 10.1 Å². The van der Waals surface area contributed by atoms with Gasteiger partial charge in [0.15, 0.2) is 5.16 Å². The van der Waals surface area contributed by atoms with Gasteiger partial charge in [0.05, 0.1) is 12.9 Å². The molecule has 0 spiro atoms. The number of thioether (sulfide) groups is 1. The molecule has 0 unspecified atom stereocenters. The van der Waals surface area contributed by atoms with Crippen LogP contribution in [0.5, 0.6) is 5.75 Å². The highest BCUT2D eigenvalue weighted by Gasteiger charge is 2.14. The monoisotopic (exact) mass is 450 g/mol. The molecule has 1 aromatic heterocycles. The van der Waals surface area contributed by atoms with Gasteiger partial charge in [0.25, 0.3) is 0 Å². The first kappa shape index (κ1) is 21.5. The fraction of sp³-hybridized carbons (Fsp3) is 0.250. The van der Waals surface area contributed by atoms with Gasteiger partial charge in [-0.05, 0) is 42.8 Å². The van der Waals surface area contributed by atoms with Crippen molar-refractivity contribution in [3.8, 4) is 5.75 Å². The van der Waals surface area contributed by atoms with Crippen LogP contribution in [0.4, 0.5) is 5.69 Å². The van der Waals surface area contributed by atoms with E-state index >= 15 is 0 Å². The molecule has 0 aliphatic heterocycles. The summed E-state index contributed by atoms with van der Waals surface area (Å²) in [6.07, 6.45) is 0.651. The number of hydrogen-bond acceptors (Lipinski definition) is 5. The van der Waals surface area contributed by atoms with Crippen molar-refractivity contribution in [2.24, 2.45) is 0 Å². The van der Waals surface area contributed by atoms with Gasteiger partial charge in [0.1, 0.15) is 11.6 Å². The molecule has 0 radical (unpaired) electrons. The number of carbonyl (C=O) groups is 1. The Labute approximate surface area is 183 Å². The minimum Gasteiger partial charge on any atom is -0.497 e. The molecule has 29 heavy (non-hydrogen) atoms. The second-order valence-electron chi connectivity index (χ2n) is 6.16. The van der Waals surface area contributed by atoms with Gasteiger partial charge >= 0.3 is 0 Å². The van der Waals surface area contributed by atoms with Crippen LogP contribution in [-0.4, -0.2) is 33.5 Å². The first-order valence-electron chi connectivity index (χ1n) is 8.92. The summed E-state index contributed by atoms with van der Waals surface area (Å²) in [7, 11) is 1.64. The van der Waals surface area contributed by atoms with E-state index in [9.17, 15) is 4.79 Å². The highest BCUT2D eigenvalue weighted by atomic mass is 35.5. The van der Waals surface area contributed by atoms with Gasteiger partial charge in [-0.25, -0.2) is 0 Å². The molecule has 2 aromatic carbocycles. The number of nitrogens with zero attached hydrogens (tertiary/aromatic N) is 3. The van der Waals surface area contributed by atoms with Crippen molar-refractivity contribution < 1.29 is 9.53 Å². The van der Waals surface area contributed by atoms with Gasteiger partial charge in [-0.1, -0.05) is 47.1 Å². The maximum Gasteiger partial charge on any atom is 0.234 e. The second-order valence-corrected chi connectivity index (χ2v) is 7.98. The molecule has 3 aromatic rings. The summed E-state index contributed by atoms with van der Waals surface area (Å²) in [5.41, 5.74) is 1.67. The summed E-state index contributed by atoms with van der Waals surface area (Å²) in [5.74, 6) is 1.69. The van der Waals surface area contributed by atoms with E-state index in [0.717, 1.165) is 17.1 Å². The van der Waals surface area contributed by atoms with Crippen LogP contribution in [0.3, 0.4) is 0 Å². The molecule has 9 heteroatoms. The van der Waals surface area contributed by atoms with Gasteiger partial charge in [-0.15, -0.1) is 10.2 Å². The molecular formula is C20H20Cl2N4O2S. The Kier molecular flexibility index (Phi) is 7.41. The van der Waals surface area contributed by atoms with Crippen molar-refractivity contribution in [1.29, 1.82) is 0 Å². The van der Waals surface area contributed by atoms with E-state index in [4.69, 9.17) is 27.9 Å². The molecule has 6 nitrogen and oxygen atoms in total.